The summed E-state index contributed by atoms with van der Waals surface area (Å²) < 4.78 is 13.0. The molecule has 0 aromatic carbocycles. The number of likely N-dealkylation sites (N-methyl/N-ethyl adjacent to an activating group) is 1. The zero-order valence-electron chi connectivity index (χ0n) is 12.8. The predicted octanol–water partition coefficient (Wildman–Crippen LogP) is 1.42. The fraction of sp³-hybridized carbons (Fsp3) is 0.625. The number of pyridine rings is 1. The molecule has 1 atom stereocenters. The molecule has 1 aliphatic heterocycles. The third kappa shape index (κ3) is 3.38. The fourth-order valence-electron chi connectivity index (χ4n) is 3.15. The smallest absolute Gasteiger partial charge is 0.225 e. The SMILES string of the molecule is CN(CC1(O)CCCN(c2ccc(F)cn2)C1)C(=O)C1CC1. The van der Waals surface area contributed by atoms with Gasteiger partial charge in [0.05, 0.1) is 18.3 Å². The number of rotatable bonds is 4. The van der Waals surface area contributed by atoms with Crippen molar-refractivity contribution in [2.75, 3.05) is 31.6 Å². The zero-order valence-corrected chi connectivity index (χ0v) is 12.8. The van der Waals surface area contributed by atoms with E-state index in [-0.39, 0.29) is 17.6 Å². The molecule has 1 unspecified atom stereocenters. The van der Waals surface area contributed by atoms with Gasteiger partial charge in [0.1, 0.15) is 11.6 Å². The van der Waals surface area contributed by atoms with Crippen molar-refractivity contribution in [1.82, 2.24) is 9.88 Å². The average molecular weight is 307 g/mol. The maximum atomic E-state index is 13.0. The number of β-amino-alcohol motifs (C(OH)–C–C–N with tert-alkyl or cyclic N) is 1. The molecule has 1 amide bonds. The van der Waals surface area contributed by atoms with Gasteiger partial charge in [0.25, 0.3) is 0 Å². The van der Waals surface area contributed by atoms with Gasteiger partial charge in [-0.15, -0.1) is 0 Å². The summed E-state index contributed by atoms with van der Waals surface area (Å²) in [4.78, 5) is 19.7. The Hall–Kier alpha value is -1.69. The summed E-state index contributed by atoms with van der Waals surface area (Å²) in [6, 6.07) is 3.00. The summed E-state index contributed by atoms with van der Waals surface area (Å²) in [7, 11) is 1.76. The Labute approximate surface area is 129 Å². The van der Waals surface area contributed by atoms with Gasteiger partial charge >= 0.3 is 0 Å². The summed E-state index contributed by atoms with van der Waals surface area (Å²) >= 11 is 0. The van der Waals surface area contributed by atoms with E-state index >= 15 is 0 Å². The highest BCUT2D eigenvalue weighted by Crippen LogP contribution is 2.32. The minimum atomic E-state index is -0.937. The Morgan fingerprint density at radius 1 is 1.55 bits per heavy atom. The molecule has 0 spiro atoms. The van der Waals surface area contributed by atoms with Crippen LogP contribution in [0.1, 0.15) is 25.7 Å². The first-order valence-electron chi connectivity index (χ1n) is 7.81. The summed E-state index contributed by atoms with van der Waals surface area (Å²) in [5, 5.41) is 10.8. The van der Waals surface area contributed by atoms with E-state index in [0.29, 0.717) is 25.3 Å². The van der Waals surface area contributed by atoms with E-state index in [9.17, 15) is 14.3 Å². The average Bonchev–Trinajstić information content (AvgIpc) is 3.31. The van der Waals surface area contributed by atoms with Crippen molar-refractivity contribution in [3.63, 3.8) is 0 Å². The van der Waals surface area contributed by atoms with Crippen molar-refractivity contribution in [3.8, 4) is 0 Å². The van der Waals surface area contributed by atoms with Gasteiger partial charge in [0, 0.05) is 26.1 Å². The molecule has 1 aromatic rings. The van der Waals surface area contributed by atoms with Gasteiger partial charge in [0.2, 0.25) is 5.91 Å². The van der Waals surface area contributed by atoms with Crippen LogP contribution < -0.4 is 4.90 Å². The lowest BCUT2D eigenvalue weighted by Crippen LogP contribution is -2.55. The number of halogens is 1. The molecule has 0 radical (unpaired) electrons. The molecule has 2 heterocycles. The molecule has 120 valence electrons. The Balaban J connectivity index is 1.65. The molecule has 1 saturated heterocycles. The topological polar surface area (TPSA) is 56.7 Å². The van der Waals surface area contributed by atoms with Crippen LogP contribution in [0, 0.1) is 11.7 Å². The van der Waals surface area contributed by atoms with Crippen molar-refractivity contribution in [1.29, 1.82) is 0 Å². The summed E-state index contributed by atoms with van der Waals surface area (Å²) in [5.74, 6) is 0.582. The molecule has 2 fully saturated rings. The Morgan fingerprint density at radius 3 is 2.95 bits per heavy atom. The normalized spacial score (nSPS) is 25.1. The third-order valence-corrected chi connectivity index (χ3v) is 4.43. The highest BCUT2D eigenvalue weighted by Gasteiger charge is 2.39. The molecule has 0 bridgehead atoms. The van der Waals surface area contributed by atoms with E-state index in [1.54, 1.807) is 18.0 Å². The van der Waals surface area contributed by atoms with Crippen LogP contribution in [0.15, 0.2) is 18.3 Å². The van der Waals surface area contributed by atoms with E-state index in [1.165, 1.54) is 12.3 Å². The van der Waals surface area contributed by atoms with Crippen molar-refractivity contribution in [2.24, 2.45) is 5.92 Å². The quantitative estimate of drug-likeness (QED) is 0.914. The number of piperidine rings is 1. The van der Waals surface area contributed by atoms with Crippen LogP contribution in [-0.4, -0.2) is 53.2 Å². The van der Waals surface area contributed by atoms with Crippen molar-refractivity contribution >= 4 is 11.7 Å². The lowest BCUT2D eigenvalue weighted by atomic mass is 9.92. The maximum Gasteiger partial charge on any atom is 0.225 e. The molecule has 1 aliphatic carbocycles. The standard InChI is InChI=1S/C16H22FN3O2/c1-19(15(21)12-3-4-12)10-16(22)7-2-8-20(11-16)14-6-5-13(17)9-18-14/h5-6,9,12,22H,2-4,7-8,10-11H2,1H3. The third-order valence-electron chi connectivity index (χ3n) is 4.43. The minimum Gasteiger partial charge on any atom is -0.386 e. The van der Waals surface area contributed by atoms with Gasteiger partial charge < -0.3 is 14.9 Å². The summed E-state index contributed by atoms with van der Waals surface area (Å²) in [6.07, 6.45) is 4.60. The van der Waals surface area contributed by atoms with Gasteiger partial charge in [-0.3, -0.25) is 4.79 Å². The van der Waals surface area contributed by atoms with E-state index in [2.05, 4.69) is 4.98 Å². The number of aliphatic hydroxyl groups is 1. The van der Waals surface area contributed by atoms with Crippen LogP contribution >= 0.6 is 0 Å². The highest BCUT2D eigenvalue weighted by atomic mass is 19.1. The van der Waals surface area contributed by atoms with Gasteiger partial charge in [-0.25, -0.2) is 9.37 Å². The highest BCUT2D eigenvalue weighted by molar-refractivity contribution is 5.80. The first-order valence-corrected chi connectivity index (χ1v) is 7.81. The molecule has 3 rings (SSSR count). The van der Waals surface area contributed by atoms with Gasteiger partial charge in [-0.05, 0) is 37.8 Å². The van der Waals surface area contributed by atoms with Gasteiger partial charge in [-0.2, -0.15) is 0 Å². The second-order valence-electron chi connectivity index (χ2n) is 6.55. The lowest BCUT2D eigenvalue weighted by Gasteiger charge is -2.41. The molecule has 5 nitrogen and oxygen atoms in total. The largest absolute Gasteiger partial charge is 0.386 e. The van der Waals surface area contributed by atoms with Crippen molar-refractivity contribution in [2.45, 2.75) is 31.3 Å². The number of aromatic nitrogens is 1. The maximum absolute atomic E-state index is 13.0. The molecule has 1 saturated carbocycles. The Kier molecular flexibility index (Phi) is 4.04. The zero-order chi connectivity index (χ0) is 15.7. The number of anilines is 1. The molecule has 1 N–H and O–H groups in total. The van der Waals surface area contributed by atoms with Crippen LogP contribution in [-0.2, 0) is 4.79 Å². The molecular weight excluding hydrogens is 285 g/mol. The van der Waals surface area contributed by atoms with E-state index < -0.39 is 5.60 Å². The number of nitrogens with zero attached hydrogens (tertiary/aromatic N) is 3. The molecular formula is C16H22FN3O2. The van der Waals surface area contributed by atoms with E-state index in [4.69, 9.17) is 0 Å². The molecule has 2 aliphatic rings. The summed E-state index contributed by atoms with van der Waals surface area (Å²) in [6.45, 7) is 1.52. The second kappa shape index (κ2) is 5.83. The summed E-state index contributed by atoms with van der Waals surface area (Å²) in [5.41, 5.74) is -0.937. The Morgan fingerprint density at radius 2 is 2.32 bits per heavy atom. The molecule has 6 heteroatoms. The molecule has 1 aromatic heterocycles. The van der Waals surface area contributed by atoms with Crippen LogP contribution in [0.3, 0.4) is 0 Å². The van der Waals surface area contributed by atoms with Crippen LogP contribution in [0.5, 0.6) is 0 Å². The Bertz CT molecular complexity index is 547. The lowest BCUT2D eigenvalue weighted by molar-refractivity contribution is -0.134. The van der Waals surface area contributed by atoms with Crippen molar-refractivity contribution < 1.29 is 14.3 Å². The predicted molar refractivity (Wildman–Crippen MR) is 81.0 cm³/mol. The molecule has 22 heavy (non-hydrogen) atoms. The minimum absolute atomic E-state index is 0.130. The number of hydrogen-bond donors (Lipinski definition) is 1. The van der Waals surface area contributed by atoms with Crippen molar-refractivity contribution in [3.05, 3.63) is 24.1 Å². The first kappa shape index (κ1) is 15.2. The van der Waals surface area contributed by atoms with Crippen LogP contribution in [0.2, 0.25) is 0 Å². The number of carbonyl (C=O) groups excluding carboxylic acids is 1. The van der Waals surface area contributed by atoms with Crippen LogP contribution in [0.25, 0.3) is 0 Å². The number of hydrogen-bond acceptors (Lipinski definition) is 4. The number of carbonyl (C=O) groups is 1. The van der Waals surface area contributed by atoms with E-state index in [1.807, 2.05) is 4.90 Å². The van der Waals surface area contributed by atoms with Gasteiger partial charge in [0.15, 0.2) is 0 Å². The fourth-order valence-corrected chi connectivity index (χ4v) is 3.15. The van der Waals surface area contributed by atoms with E-state index in [0.717, 1.165) is 25.8 Å². The van der Waals surface area contributed by atoms with Crippen LogP contribution in [0.4, 0.5) is 10.2 Å². The van der Waals surface area contributed by atoms with Gasteiger partial charge in [-0.1, -0.05) is 0 Å². The number of amides is 1. The first-order chi connectivity index (χ1) is 10.5. The monoisotopic (exact) mass is 307 g/mol. The second-order valence-corrected chi connectivity index (χ2v) is 6.55.